The number of aliphatic imine (C=N–C) groups is 1. The van der Waals surface area contributed by atoms with Gasteiger partial charge in [0.2, 0.25) is 0 Å². The number of aliphatic hydroxyl groups is 1. The number of hydrogen-bond acceptors (Lipinski definition) is 3. The largest absolute Gasteiger partial charge is 0.494 e. The summed E-state index contributed by atoms with van der Waals surface area (Å²) >= 11 is 0. The van der Waals surface area contributed by atoms with Crippen molar-refractivity contribution in [3.8, 4) is 5.75 Å². The highest BCUT2D eigenvalue weighted by atomic mass is 16.5. The summed E-state index contributed by atoms with van der Waals surface area (Å²) in [4.78, 5) is 4.00. The van der Waals surface area contributed by atoms with Crippen LogP contribution in [-0.2, 0) is 0 Å². The van der Waals surface area contributed by atoms with Crippen LogP contribution in [0.5, 0.6) is 5.75 Å². The SMILES string of the molecule is COc1ccccc1N=CCO. The van der Waals surface area contributed by atoms with Gasteiger partial charge < -0.3 is 9.84 Å². The summed E-state index contributed by atoms with van der Waals surface area (Å²) in [6.45, 7) is -0.0575. The summed E-state index contributed by atoms with van der Waals surface area (Å²) < 4.78 is 5.05. The van der Waals surface area contributed by atoms with Crippen molar-refractivity contribution in [2.75, 3.05) is 13.7 Å². The Hall–Kier alpha value is -1.35. The summed E-state index contributed by atoms with van der Waals surface area (Å²) in [6, 6.07) is 7.39. The van der Waals surface area contributed by atoms with Crippen LogP contribution in [0.2, 0.25) is 0 Å². The third-order valence-electron chi connectivity index (χ3n) is 1.40. The van der Waals surface area contributed by atoms with Gasteiger partial charge in [-0.05, 0) is 12.1 Å². The summed E-state index contributed by atoms with van der Waals surface area (Å²) in [5.41, 5.74) is 0.731. The number of rotatable bonds is 3. The van der Waals surface area contributed by atoms with Gasteiger partial charge in [-0.15, -0.1) is 0 Å². The van der Waals surface area contributed by atoms with Crippen LogP contribution < -0.4 is 4.74 Å². The van der Waals surface area contributed by atoms with Gasteiger partial charge in [0.15, 0.2) is 0 Å². The standard InChI is InChI=1S/C9H11NO2/c1-12-9-5-3-2-4-8(9)10-6-7-11/h2-6,11H,7H2,1H3. The fraction of sp³-hybridized carbons (Fsp3) is 0.222. The van der Waals surface area contributed by atoms with Gasteiger partial charge in [-0.25, -0.2) is 0 Å². The van der Waals surface area contributed by atoms with Gasteiger partial charge in [0, 0.05) is 6.21 Å². The van der Waals surface area contributed by atoms with Crippen molar-refractivity contribution in [2.45, 2.75) is 0 Å². The Balaban J connectivity index is 2.89. The molecule has 0 saturated heterocycles. The molecule has 0 aliphatic rings. The van der Waals surface area contributed by atoms with Crippen molar-refractivity contribution in [1.82, 2.24) is 0 Å². The van der Waals surface area contributed by atoms with E-state index in [1.807, 2.05) is 24.3 Å². The predicted octanol–water partition coefficient (Wildman–Crippen LogP) is 1.39. The zero-order valence-corrected chi connectivity index (χ0v) is 6.90. The monoisotopic (exact) mass is 165 g/mol. The summed E-state index contributed by atoms with van der Waals surface area (Å²) in [5, 5.41) is 8.50. The highest BCUT2D eigenvalue weighted by Gasteiger charge is 1.96. The lowest BCUT2D eigenvalue weighted by atomic mass is 10.3. The van der Waals surface area contributed by atoms with Crippen LogP contribution >= 0.6 is 0 Å². The minimum atomic E-state index is -0.0575. The maximum absolute atomic E-state index is 8.50. The van der Waals surface area contributed by atoms with E-state index in [2.05, 4.69) is 4.99 Å². The molecule has 1 rings (SSSR count). The van der Waals surface area contributed by atoms with Gasteiger partial charge in [0.1, 0.15) is 11.4 Å². The highest BCUT2D eigenvalue weighted by molar-refractivity contribution is 5.66. The lowest BCUT2D eigenvalue weighted by molar-refractivity contribution is 0.361. The van der Waals surface area contributed by atoms with Crippen molar-refractivity contribution in [3.05, 3.63) is 24.3 Å². The Morgan fingerprint density at radius 3 is 2.92 bits per heavy atom. The Labute approximate surface area is 71.3 Å². The molecule has 1 aromatic carbocycles. The van der Waals surface area contributed by atoms with E-state index < -0.39 is 0 Å². The molecular weight excluding hydrogens is 154 g/mol. The second-order valence-electron chi connectivity index (χ2n) is 2.17. The average molecular weight is 165 g/mol. The van der Waals surface area contributed by atoms with E-state index >= 15 is 0 Å². The van der Waals surface area contributed by atoms with Crippen LogP contribution in [0, 0.1) is 0 Å². The van der Waals surface area contributed by atoms with Crippen LogP contribution in [-0.4, -0.2) is 25.0 Å². The molecule has 0 amide bonds. The molecule has 0 radical (unpaired) electrons. The highest BCUT2D eigenvalue weighted by Crippen LogP contribution is 2.25. The Bertz CT molecular complexity index is 271. The minimum absolute atomic E-state index is 0.0575. The Morgan fingerprint density at radius 1 is 1.50 bits per heavy atom. The lowest BCUT2D eigenvalue weighted by Crippen LogP contribution is -1.84. The molecule has 0 aliphatic heterocycles. The van der Waals surface area contributed by atoms with Crippen LogP contribution in [0.1, 0.15) is 0 Å². The number of nitrogens with zero attached hydrogens (tertiary/aromatic N) is 1. The van der Waals surface area contributed by atoms with Gasteiger partial charge in [0.05, 0.1) is 13.7 Å². The zero-order chi connectivity index (χ0) is 8.81. The third-order valence-corrected chi connectivity index (χ3v) is 1.40. The lowest BCUT2D eigenvalue weighted by Gasteiger charge is -2.01. The fourth-order valence-corrected chi connectivity index (χ4v) is 0.876. The van der Waals surface area contributed by atoms with E-state index in [0.29, 0.717) is 5.75 Å². The van der Waals surface area contributed by atoms with E-state index in [0.717, 1.165) is 5.69 Å². The van der Waals surface area contributed by atoms with Gasteiger partial charge in [-0.3, -0.25) is 4.99 Å². The first-order valence-electron chi connectivity index (χ1n) is 3.65. The molecule has 0 heterocycles. The number of para-hydroxylation sites is 2. The molecule has 0 bridgehead atoms. The summed E-state index contributed by atoms with van der Waals surface area (Å²) in [6.07, 6.45) is 1.43. The van der Waals surface area contributed by atoms with Gasteiger partial charge in [0.25, 0.3) is 0 Å². The first kappa shape index (κ1) is 8.74. The smallest absolute Gasteiger partial charge is 0.144 e. The predicted molar refractivity (Wildman–Crippen MR) is 48.2 cm³/mol. The number of aliphatic hydroxyl groups excluding tert-OH is 1. The van der Waals surface area contributed by atoms with E-state index in [4.69, 9.17) is 9.84 Å². The van der Waals surface area contributed by atoms with E-state index in [-0.39, 0.29) is 6.61 Å². The van der Waals surface area contributed by atoms with Crippen molar-refractivity contribution < 1.29 is 9.84 Å². The van der Waals surface area contributed by atoms with E-state index in [1.165, 1.54) is 6.21 Å². The molecule has 3 heteroatoms. The molecule has 64 valence electrons. The second-order valence-corrected chi connectivity index (χ2v) is 2.17. The quantitative estimate of drug-likeness (QED) is 0.687. The maximum atomic E-state index is 8.50. The van der Waals surface area contributed by atoms with Crippen LogP contribution in [0.3, 0.4) is 0 Å². The van der Waals surface area contributed by atoms with Gasteiger partial charge >= 0.3 is 0 Å². The molecule has 0 aliphatic carbocycles. The van der Waals surface area contributed by atoms with Crippen LogP contribution in [0.25, 0.3) is 0 Å². The summed E-state index contributed by atoms with van der Waals surface area (Å²) in [5.74, 6) is 0.710. The number of benzene rings is 1. The molecular formula is C9H11NO2. The first-order chi connectivity index (χ1) is 5.88. The second kappa shape index (κ2) is 4.51. The molecule has 0 spiro atoms. The third kappa shape index (κ3) is 2.07. The number of hydrogen-bond donors (Lipinski definition) is 1. The Morgan fingerprint density at radius 2 is 2.25 bits per heavy atom. The molecule has 0 fully saturated rings. The van der Waals surface area contributed by atoms with Crippen molar-refractivity contribution >= 4 is 11.9 Å². The molecule has 3 nitrogen and oxygen atoms in total. The molecule has 0 saturated carbocycles. The van der Waals surface area contributed by atoms with E-state index in [9.17, 15) is 0 Å². The minimum Gasteiger partial charge on any atom is -0.494 e. The first-order valence-corrected chi connectivity index (χ1v) is 3.65. The van der Waals surface area contributed by atoms with Gasteiger partial charge in [-0.2, -0.15) is 0 Å². The Kier molecular flexibility index (Phi) is 3.29. The fourth-order valence-electron chi connectivity index (χ4n) is 0.876. The molecule has 1 aromatic rings. The molecule has 12 heavy (non-hydrogen) atoms. The maximum Gasteiger partial charge on any atom is 0.144 e. The topological polar surface area (TPSA) is 41.8 Å². The molecule has 1 N–H and O–H groups in total. The van der Waals surface area contributed by atoms with E-state index in [1.54, 1.807) is 7.11 Å². The number of ether oxygens (including phenoxy) is 1. The molecule has 0 atom stereocenters. The average Bonchev–Trinajstić information content (AvgIpc) is 2.15. The normalized spacial score (nSPS) is 10.5. The van der Waals surface area contributed by atoms with Crippen LogP contribution in [0.15, 0.2) is 29.3 Å². The molecule has 0 unspecified atom stereocenters. The number of methoxy groups -OCH3 is 1. The zero-order valence-electron chi connectivity index (χ0n) is 6.90. The van der Waals surface area contributed by atoms with Crippen molar-refractivity contribution in [3.63, 3.8) is 0 Å². The molecule has 0 aromatic heterocycles. The van der Waals surface area contributed by atoms with Crippen molar-refractivity contribution in [2.24, 2.45) is 4.99 Å². The van der Waals surface area contributed by atoms with Crippen LogP contribution in [0.4, 0.5) is 5.69 Å². The van der Waals surface area contributed by atoms with Gasteiger partial charge in [-0.1, -0.05) is 12.1 Å². The summed E-state index contributed by atoms with van der Waals surface area (Å²) in [7, 11) is 1.59. The van der Waals surface area contributed by atoms with Crippen molar-refractivity contribution in [1.29, 1.82) is 0 Å².